The van der Waals surface area contributed by atoms with Crippen molar-refractivity contribution in [2.45, 2.75) is 37.3 Å². The van der Waals surface area contributed by atoms with Gasteiger partial charge < -0.3 is 19.9 Å². The maximum absolute atomic E-state index is 12.7. The number of carbonyl (C=O) groups excluding carboxylic acids is 1. The number of rotatable bonds is 7. The Morgan fingerprint density at radius 3 is 2.56 bits per heavy atom. The molecule has 0 radical (unpaired) electrons. The quantitative estimate of drug-likeness (QED) is 0.471. The van der Waals surface area contributed by atoms with Crippen LogP contribution in [-0.4, -0.2) is 19.7 Å². The number of carbonyl (C=O) groups is 1. The first kappa shape index (κ1) is 23.3. The Kier molecular flexibility index (Phi) is 7.49. The van der Waals surface area contributed by atoms with E-state index in [1.807, 2.05) is 18.2 Å². The highest BCUT2D eigenvalue weighted by atomic mass is 32.2. The highest BCUT2D eigenvalue weighted by molar-refractivity contribution is 7.98. The third-order valence-corrected chi connectivity index (χ3v) is 6.21. The lowest BCUT2D eigenvalue weighted by atomic mass is 9.82. The molecule has 0 spiro atoms. The van der Waals surface area contributed by atoms with Gasteiger partial charge in [0.2, 0.25) is 5.88 Å². The van der Waals surface area contributed by atoms with Gasteiger partial charge in [0.1, 0.15) is 23.2 Å². The van der Waals surface area contributed by atoms with Gasteiger partial charge in [-0.05, 0) is 44.5 Å². The fourth-order valence-corrected chi connectivity index (χ4v) is 4.45. The average molecular weight is 451 g/mol. The van der Waals surface area contributed by atoms with E-state index in [-0.39, 0.29) is 23.6 Å². The second kappa shape index (κ2) is 10.3. The average Bonchev–Trinajstić information content (AvgIpc) is 2.78. The van der Waals surface area contributed by atoms with E-state index in [0.29, 0.717) is 11.5 Å². The summed E-state index contributed by atoms with van der Waals surface area (Å²) in [5, 5.41) is 9.78. The van der Waals surface area contributed by atoms with Gasteiger partial charge in [-0.25, -0.2) is 4.79 Å². The van der Waals surface area contributed by atoms with Gasteiger partial charge >= 0.3 is 5.97 Å². The Hall–Kier alpha value is -3.37. The zero-order valence-corrected chi connectivity index (χ0v) is 19.4. The minimum absolute atomic E-state index is 0.00514. The highest BCUT2D eigenvalue weighted by Crippen LogP contribution is 2.41. The molecule has 6 nitrogen and oxygen atoms in total. The van der Waals surface area contributed by atoms with E-state index in [0.717, 1.165) is 21.8 Å². The van der Waals surface area contributed by atoms with Gasteiger partial charge in [-0.15, -0.1) is 11.8 Å². The molecule has 0 saturated carbocycles. The van der Waals surface area contributed by atoms with Crippen molar-refractivity contribution >= 4 is 17.7 Å². The van der Waals surface area contributed by atoms with Crippen LogP contribution in [0.3, 0.4) is 0 Å². The predicted molar refractivity (Wildman–Crippen MR) is 124 cm³/mol. The molecule has 7 heteroatoms. The first-order chi connectivity index (χ1) is 15.4. The molecule has 0 bridgehead atoms. The van der Waals surface area contributed by atoms with E-state index in [1.54, 1.807) is 32.7 Å². The molecule has 1 atom stereocenters. The number of hydrogen-bond acceptors (Lipinski definition) is 7. The minimum Gasteiger partial charge on any atom is -0.496 e. The summed E-state index contributed by atoms with van der Waals surface area (Å²) in [6.07, 6.45) is 0. The second-order valence-corrected chi connectivity index (χ2v) is 8.34. The van der Waals surface area contributed by atoms with E-state index in [2.05, 4.69) is 37.3 Å². The molecule has 1 aliphatic heterocycles. The van der Waals surface area contributed by atoms with Gasteiger partial charge in [-0.3, -0.25) is 0 Å². The number of methoxy groups -OCH3 is 1. The molecule has 1 heterocycles. The molecule has 3 rings (SSSR count). The molecule has 0 aromatic heterocycles. The first-order valence-electron chi connectivity index (χ1n) is 10.2. The molecule has 0 saturated heterocycles. The van der Waals surface area contributed by atoms with Crippen LogP contribution in [-0.2, 0) is 20.0 Å². The number of esters is 1. The van der Waals surface area contributed by atoms with Crippen LogP contribution >= 0.6 is 11.8 Å². The smallest absolute Gasteiger partial charge is 0.338 e. The molecule has 1 aliphatic rings. The van der Waals surface area contributed by atoms with Crippen LogP contribution in [0.4, 0.5) is 0 Å². The third kappa shape index (κ3) is 4.92. The molecule has 0 aliphatic carbocycles. The molecule has 0 amide bonds. The van der Waals surface area contributed by atoms with Crippen LogP contribution in [0.15, 0.2) is 70.1 Å². The molecular weight excluding hydrogens is 424 g/mol. The molecule has 2 aromatic rings. The zero-order chi connectivity index (χ0) is 23.3. The van der Waals surface area contributed by atoms with Crippen molar-refractivity contribution < 1.29 is 19.0 Å². The van der Waals surface area contributed by atoms with Crippen LogP contribution in [0, 0.1) is 18.3 Å². The van der Waals surface area contributed by atoms with E-state index in [1.165, 1.54) is 5.56 Å². The molecule has 2 aromatic carbocycles. The third-order valence-electron chi connectivity index (χ3n) is 5.15. The predicted octanol–water partition coefficient (Wildman–Crippen LogP) is 4.94. The lowest BCUT2D eigenvalue weighted by molar-refractivity contribution is -0.139. The van der Waals surface area contributed by atoms with Crippen LogP contribution in [0.25, 0.3) is 0 Å². The highest BCUT2D eigenvalue weighted by Gasteiger charge is 2.36. The number of hydrogen-bond donors (Lipinski definition) is 1. The van der Waals surface area contributed by atoms with Crippen LogP contribution < -0.4 is 10.5 Å². The largest absolute Gasteiger partial charge is 0.496 e. The Morgan fingerprint density at radius 1 is 1.22 bits per heavy atom. The summed E-state index contributed by atoms with van der Waals surface area (Å²) in [5.74, 6) is 0.505. The SMILES string of the molecule is CCOC(=O)C1=C(C)OC(N)=C(C#N)C1c1ccc(OC)c(CSc2ccc(C)cc2)c1. The number of nitrogens with two attached hydrogens (primary N) is 1. The van der Waals surface area contributed by atoms with Crippen LogP contribution in [0.5, 0.6) is 5.75 Å². The van der Waals surface area contributed by atoms with Crippen molar-refractivity contribution in [1.82, 2.24) is 0 Å². The second-order valence-electron chi connectivity index (χ2n) is 7.29. The Bertz CT molecular complexity index is 1110. The van der Waals surface area contributed by atoms with E-state index in [4.69, 9.17) is 19.9 Å². The van der Waals surface area contributed by atoms with E-state index < -0.39 is 11.9 Å². The Balaban J connectivity index is 2.02. The summed E-state index contributed by atoms with van der Waals surface area (Å²) in [6, 6.07) is 16.1. The Labute approximate surface area is 192 Å². The van der Waals surface area contributed by atoms with Gasteiger partial charge in [0, 0.05) is 16.2 Å². The normalized spacial score (nSPS) is 15.8. The van der Waals surface area contributed by atoms with Crippen molar-refractivity contribution in [2.75, 3.05) is 13.7 Å². The minimum atomic E-state index is -0.679. The summed E-state index contributed by atoms with van der Waals surface area (Å²) in [5.41, 5.74) is 9.36. The molecule has 1 unspecified atom stereocenters. The van der Waals surface area contributed by atoms with Gasteiger partial charge in [-0.1, -0.05) is 29.8 Å². The summed E-state index contributed by atoms with van der Waals surface area (Å²) in [7, 11) is 1.62. The lowest BCUT2D eigenvalue weighted by Crippen LogP contribution is -2.25. The summed E-state index contributed by atoms with van der Waals surface area (Å²) >= 11 is 1.68. The van der Waals surface area contributed by atoms with Crippen molar-refractivity contribution in [3.63, 3.8) is 0 Å². The molecule has 0 fully saturated rings. The van der Waals surface area contributed by atoms with Gasteiger partial charge in [0.25, 0.3) is 0 Å². The van der Waals surface area contributed by atoms with Gasteiger partial charge in [0.15, 0.2) is 0 Å². The van der Waals surface area contributed by atoms with Gasteiger partial charge in [-0.2, -0.15) is 5.26 Å². The van der Waals surface area contributed by atoms with Crippen molar-refractivity contribution in [3.8, 4) is 11.8 Å². The summed E-state index contributed by atoms with van der Waals surface area (Å²) in [6.45, 7) is 5.65. The zero-order valence-electron chi connectivity index (χ0n) is 18.6. The standard InChI is InChI=1S/C25H26N2O4S/c1-5-30-25(28)22-16(3)31-24(27)20(13-26)23(22)17-8-11-21(29-4)18(12-17)14-32-19-9-6-15(2)7-10-19/h6-12,23H,5,14,27H2,1-4H3. The number of aryl methyl sites for hydroxylation is 1. The monoisotopic (exact) mass is 450 g/mol. The van der Waals surface area contributed by atoms with E-state index >= 15 is 0 Å². The van der Waals surface area contributed by atoms with E-state index in [9.17, 15) is 10.1 Å². The summed E-state index contributed by atoms with van der Waals surface area (Å²) < 4.78 is 16.3. The molecule has 166 valence electrons. The van der Waals surface area contributed by atoms with Crippen molar-refractivity contribution in [1.29, 1.82) is 5.26 Å². The van der Waals surface area contributed by atoms with Gasteiger partial charge in [0.05, 0.1) is 25.2 Å². The molecule has 32 heavy (non-hydrogen) atoms. The fraction of sp³-hybridized carbons (Fsp3) is 0.280. The topological polar surface area (TPSA) is 94.6 Å². The van der Waals surface area contributed by atoms with Crippen LogP contribution in [0.2, 0.25) is 0 Å². The first-order valence-corrected chi connectivity index (χ1v) is 11.2. The molecule has 2 N–H and O–H groups in total. The number of ether oxygens (including phenoxy) is 3. The number of thioether (sulfide) groups is 1. The Morgan fingerprint density at radius 2 is 1.94 bits per heavy atom. The summed E-state index contributed by atoms with van der Waals surface area (Å²) in [4.78, 5) is 13.9. The number of nitriles is 1. The van der Waals surface area contributed by atoms with Crippen molar-refractivity contribution in [2.24, 2.45) is 5.73 Å². The number of allylic oxidation sites excluding steroid dienone is 2. The lowest BCUT2D eigenvalue weighted by Gasteiger charge is -2.27. The van der Waals surface area contributed by atoms with Crippen molar-refractivity contribution in [3.05, 3.63) is 81.9 Å². The number of benzene rings is 2. The fourth-order valence-electron chi connectivity index (χ4n) is 3.57. The maximum atomic E-state index is 12.7. The number of nitrogens with zero attached hydrogens (tertiary/aromatic N) is 1. The molecular formula is C25H26N2O4S. The maximum Gasteiger partial charge on any atom is 0.338 e. The van der Waals surface area contributed by atoms with Crippen LogP contribution in [0.1, 0.15) is 36.5 Å².